The van der Waals surface area contributed by atoms with E-state index in [1.807, 2.05) is 32.2 Å². The number of pyridine rings is 1. The molecule has 2 N–H and O–H groups in total. The highest BCUT2D eigenvalue weighted by molar-refractivity contribution is 7.99. The van der Waals surface area contributed by atoms with Crippen molar-refractivity contribution in [1.82, 2.24) is 4.98 Å². The van der Waals surface area contributed by atoms with Crippen LogP contribution < -0.4 is 5.73 Å². The van der Waals surface area contributed by atoms with Gasteiger partial charge in [0.1, 0.15) is 5.76 Å². The molecule has 0 aromatic carbocycles. The van der Waals surface area contributed by atoms with Gasteiger partial charge in [0.05, 0.1) is 11.5 Å². The van der Waals surface area contributed by atoms with Gasteiger partial charge in [-0.25, -0.2) is 0 Å². The summed E-state index contributed by atoms with van der Waals surface area (Å²) in [6.45, 7) is 3.98. The molecular weight excluding hydrogens is 232 g/mol. The number of aryl methyl sites for hydroxylation is 1. The maximum absolute atomic E-state index is 6.06. The van der Waals surface area contributed by atoms with Gasteiger partial charge in [0, 0.05) is 23.3 Å². The molecule has 0 aliphatic heterocycles. The number of rotatable bonds is 4. The van der Waals surface area contributed by atoms with Gasteiger partial charge in [-0.05, 0) is 31.5 Å². The van der Waals surface area contributed by atoms with Crippen LogP contribution in [0.15, 0.2) is 46.2 Å². The molecule has 90 valence electrons. The van der Waals surface area contributed by atoms with Gasteiger partial charge in [-0.1, -0.05) is 6.07 Å². The summed E-state index contributed by atoms with van der Waals surface area (Å²) in [6, 6.07) is 6.03. The van der Waals surface area contributed by atoms with Crippen LogP contribution in [-0.2, 0) is 0 Å². The Morgan fingerprint density at radius 1 is 1.41 bits per heavy atom. The van der Waals surface area contributed by atoms with E-state index >= 15 is 0 Å². The predicted molar refractivity (Wildman–Crippen MR) is 69.9 cm³/mol. The second-order valence-electron chi connectivity index (χ2n) is 4.02. The second kappa shape index (κ2) is 5.38. The minimum absolute atomic E-state index is 0.0542. The molecule has 2 rings (SSSR count). The lowest BCUT2D eigenvalue weighted by molar-refractivity contribution is 0.526. The fourth-order valence-corrected chi connectivity index (χ4v) is 2.77. The number of nitrogens with zero attached hydrogens (tertiary/aromatic N) is 1. The van der Waals surface area contributed by atoms with Crippen LogP contribution in [0.1, 0.15) is 23.5 Å². The number of nitrogens with two attached hydrogens (primary N) is 1. The molecule has 0 spiro atoms. The van der Waals surface area contributed by atoms with Crippen LogP contribution in [0.5, 0.6) is 0 Å². The number of hydrogen-bond acceptors (Lipinski definition) is 4. The van der Waals surface area contributed by atoms with Gasteiger partial charge in [0.2, 0.25) is 0 Å². The van der Waals surface area contributed by atoms with E-state index in [2.05, 4.69) is 11.1 Å². The summed E-state index contributed by atoms with van der Waals surface area (Å²) in [4.78, 5) is 5.28. The number of furan rings is 1. The van der Waals surface area contributed by atoms with Gasteiger partial charge in [-0.15, -0.1) is 11.8 Å². The first-order valence-electron chi connectivity index (χ1n) is 5.54. The van der Waals surface area contributed by atoms with Gasteiger partial charge in [-0.2, -0.15) is 0 Å². The largest absolute Gasteiger partial charge is 0.468 e. The fraction of sp³-hybridized carbons (Fsp3) is 0.308. The maximum atomic E-state index is 6.06. The van der Waals surface area contributed by atoms with E-state index in [-0.39, 0.29) is 11.3 Å². The summed E-state index contributed by atoms with van der Waals surface area (Å²) in [7, 11) is 0. The first-order valence-corrected chi connectivity index (χ1v) is 6.42. The predicted octanol–water partition coefficient (Wildman–Crippen LogP) is 3.16. The molecule has 0 fully saturated rings. The SMILES string of the molecule is Cc1occc1SC(c1cccnc1)C(C)N. The Morgan fingerprint density at radius 2 is 2.24 bits per heavy atom. The lowest BCUT2D eigenvalue weighted by Gasteiger charge is -2.19. The van der Waals surface area contributed by atoms with Gasteiger partial charge in [0.15, 0.2) is 0 Å². The van der Waals surface area contributed by atoms with E-state index in [1.165, 1.54) is 0 Å². The van der Waals surface area contributed by atoms with Crippen LogP contribution >= 0.6 is 11.8 Å². The third-order valence-corrected chi connectivity index (χ3v) is 4.19. The first kappa shape index (κ1) is 12.2. The minimum atomic E-state index is 0.0542. The zero-order chi connectivity index (χ0) is 12.3. The zero-order valence-corrected chi connectivity index (χ0v) is 10.8. The Morgan fingerprint density at radius 3 is 2.76 bits per heavy atom. The standard InChI is InChI=1S/C13H16N2OS/c1-9(14)13(11-4-3-6-15-8-11)17-12-5-7-16-10(12)2/h3-9,13H,14H2,1-2H3. The molecule has 0 radical (unpaired) electrons. The van der Waals surface area contributed by atoms with Crippen molar-refractivity contribution in [1.29, 1.82) is 0 Å². The van der Waals surface area contributed by atoms with E-state index in [1.54, 1.807) is 24.2 Å². The number of hydrogen-bond donors (Lipinski definition) is 1. The second-order valence-corrected chi connectivity index (χ2v) is 5.21. The molecular formula is C13H16N2OS. The van der Waals surface area contributed by atoms with E-state index in [4.69, 9.17) is 10.2 Å². The summed E-state index contributed by atoms with van der Waals surface area (Å²) in [5.41, 5.74) is 7.20. The molecule has 17 heavy (non-hydrogen) atoms. The van der Waals surface area contributed by atoms with Crippen molar-refractivity contribution in [2.24, 2.45) is 5.73 Å². The smallest absolute Gasteiger partial charge is 0.114 e. The van der Waals surface area contributed by atoms with E-state index in [0.29, 0.717) is 0 Å². The Balaban J connectivity index is 2.22. The highest BCUT2D eigenvalue weighted by Gasteiger charge is 2.19. The lowest BCUT2D eigenvalue weighted by atomic mass is 10.1. The monoisotopic (exact) mass is 248 g/mol. The molecule has 2 atom stereocenters. The topological polar surface area (TPSA) is 52.0 Å². The van der Waals surface area contributed by atoms with Crippen molar-refractivity contribution in [2.75, 3.05) is 0 Å². The van der Waals surface area contributed by atoms with Crippen molar-refractivity contribution in [3.05, 3.63) is 48.2 Å². The summed E-state index contributed by atoms with van der Waals surface area (Å²) >= 11 is 1.72. The summed E-state index contributed by atoms with van der Waals surface area (Å²) in [6.07, 6.45) is 5.35. The molecule has 2 heterocycles. The first-order chi connectivity index (χ1) is 8.18. The van der Waals surface area contributed by atoms with Crippen LogP contribution in [0.25, 0.3) is 0 Å². The summed E-state index contributed by atoms with van der Waals surface area (Å²) in [5, 5.41) is 0.194. The normalized spacial score (nSPS) is 14.5. The van der Waals surface area contributed by atoms with Crippen LogP contribution in [-0.4, -0.2) is 11.0 Å². The van der Waals surface area contributed by atoms with Crippen molar-refractivity contribution < 1.29 is 4.42 Å². The third-order valence-electron chi connectivity index (χ3n) is 2.56. The van der Waals surface area contributed by atoms with Gasteiger partial charge in [0.25, 0.3) is 0 Å². The van der Waals surface area contributed by atoms with E-state index in [0.717, 1.165) is 16.2 Å². The molecule has 0 saturated carbocycles. The molecule has 0 bridgehead atoms. The van der Waals surface area contributed by atoms with Gasteiger partial charge in [-0.3, -0.25) is 4.98 Å². The molecule has 2 aromatic heterocycles. The Kier molecular flexibility index (Phi) is 3.86. The summed E-state index contributed by atoms with van der Waals surface area (Å²) < 4.78 is 5.30. The molecule has 0 aliphatic rings. The van der Waals surface area contributed by atoms with E-state index < -0.39 is 0 Å². The lowest BCUT2D eigenvalue weighted by Crippen LogP contribution is -2.22. The fourth-order valence-electron chi connectivity index (χ4n) is 1.66. The molecule has 2 unspecified atom stereocenters. The van der Waals surface area contributed by atoms with Crippen LogP contribution in [0.4, 0.5) is 0 Å². The molecule has 0 aliphatic carbocycles. The van der Waals surface area contributed by atoms with Crippen LogP contribution in [0.3, 0.4) is 0 Å². The van der Waals surface area contributed by atoms with Crippen molar-refractivity contribution in [3.63, 3.8) is 0 Å². The molecule has 3 nitrogen and oxygen atoms in total. The van der Waals surface area contributed by atoms with Gasteiger partial charge >= 0.3 is 0 Å². The maximum Gasteiger partial charge on any atom is 0.114 e. The molecule has 4 heteroatoms. The van der Waals surface area contributed by atoms with Crippen molar-refractivity contribution in [2.45, 2.75) is 30.0 Å². The Bertz CT molecular complexity index is 467. The molecule has 0 saturated heterocycles. The van der Waals surface area contributed by atoms with Crippen molar-refractivity contribution in [3.8, 4) is 0 Å². The van der Waals surface area contributed by atoms with Gasteiger partial charge < -0.3 is 10.2 Å². The third kappa shape index (κ3) is 2.90. The zero-order valence-electron chi connectivity index (χ0n) is 9.96. The molecule has 0 amide bonds. The quantitative estimate of drug-likeness (QED) is 0.844. The number of thioether (sulfide) groups is 1. The van der Waals surface area contributed by atoms with Crippen molar-refractivity contribution >= 4 is 11.8 Å². The average Bonchev–Trinajstić information content (AvgIpc) is 2.72. The highest BCUT2D eigenvalue weighted by atomic mass is 32.2. The van der Waals surface area contributed by atoms with E-state index in [9.17, 15) is 0 Å². The summed E-state index contributed by atoms with van der Waals surface area (Å²) in [5.74, 6) is 0.935. The number of aromatic nitrogens is 1. The average molecular weight is 248 g/mol. The highest BCUT2D eigenvalue weighted by Crippen LogP contribution is 2.38. The van der Waals surface area contributed by atoms with Crippen LogP contribution in [0, 0.1) is 6.92 Å². The molecule has 2 aromatic rings. The minimum Gasteiger partial charge on any atom is -0.468 e. The Hall–Kier alpha value is -1.26. The Labute approximate surface area is 105 Å². The van der Waals surface area contributed by atoms with Crippen LogP contribution in [0.2, 0.25) is 0 Å².